The van der Waals surface area contributed by atoms with Gasteiger partial charge < -0.3 is 9.15 Å². The molecular formula is C12H9Br2ClO2. The molecule has 1 heterocycles. The van der Waals surface area contributed by atoms with E-state index in [0.29, 0.717) is 5.02 Å². The van der Waals surface area contributed by atoms with Gasteiger partial charge in [0.1, 0.15) is 5.75 Å². The Morgan fingerprint density at radius 2 is 2.18 bits per heavy atom. The normalized spacial score (nSPS) is 12.5. The van der Waals surface area contributed by atoms with Crippen molar-refractivity contribution in [1.29, 1.82) is 0 Å². The second-order valence-corrected chi connectivity index (χ2v) is 5.64. The molecule has 0 saturated heterocycles. The van der Waals surface area contributed by atoms with E-state index < -0.39 is 0 Å². The Morgan fingerprint density at radius 1 is 1.41 bits per heavy atom. The van der Waals surface area contributed by atoms with Crippen LogP contribution in [0.5, 0.6) is 5.75 Å². The molecule has 2 aromatic rings. The first-order valence-electron chi connectivity index (χ1n) is 4.82. The van der Waals surface area contributed by atoms with Crippen molar-refractivity contribution < 1.29 is 9.15 Å². The van der Waals surface area contributed by atoms with Crippen molar-refractivity contribution in [1.82, 2.24) is 0 Å². The van der Waals surface area contributed by atoms with Gasteiger partial charge in [0.2, 0.25) is 0 Å². The zero-order chi connectivity index (χ0) is 12.4. The summed E-state index contributed by atoms with van der Waals surface area (Å²) in [4.78, 5) is -0.0220. The quantitative estimate of drug-likeness (QED) is 0.684. The van der Waals surface area contributed by atoms with E-state index in [-0.39, 0.29) is 4.83 Å². The highest BCUT2D eigenvalue weighted by atomic mass is 79.9. The molecule has 0 N–H and O–H groups in total. The lowest BCUT2D eigenvalue weighted by atomic mass is 10.1. The summed E-state index contributed by atoms with van der Waals surface area (Å²) >= 11 is 13.1. The summed E-state index contributed by atoms with van der Waals surface area (Å²) in [5.41, 5.74) is 1.96. The average Bonchev–Trinajstić information content (AvgIpc) is 2.80. The summed E-state index contributed by atoms with van der Waals surface area (Å²) in [6.07, 6.45) is 3.32. The van der Waals surface area contributed by atoms with Crippen LogP contribution in [0.4, 0.5) is 0 Å². The fourth-order valence-electron chi connectivity index (χ4n) is 1.58. The highest BCUT2D eigenvalue weighted by molar-refractivity contribution is 9.10. The first-order chi connectivity index (χ1) is 8.13. The maximum atomic E-state index is 6.05. The minimum Gasteiger partial charge on any atom is -0.495 e. The van der Waals surface area contributed by atoms with Crippen LogP contribution in [0.2, 0.25) is 5.02 Å². The molecule has 2 rings (SSSR count). The second kappa shape index (κ2) is 5.46. The number of methoxy groups -OCH3 is 1. The highest BCUT2D eigenvalue weighted by Crippen LogP contribution is 2.42. The van der Waals surface area contributed by atoms with Gasteiger partial charge in [0.05, 0.1) is 28.9 Å². The molecule has 1 atom stereocenters. The minimum atomic E-state index is -0.0220. The maximum Gasteiger partial charge on any atom is 0.137 e. The van der Waals surface area contributed by atoms with Crippen molar-refractivity contribution in [2.75, 3.05) is 7.11 Å². The molecule has 90 valence electrons. The molecule has 0 radical (unpaired) electrons. The van der Waals surface area contributed by atoms with Gasteiger partial charge in [0.25, 0.3) is 0 Å². The van der Waals surface area contributed by atoms with Crippen LogP contribution in [0.3, 0.4) is 0 Å². The third-order valence-electron chi connectivity index (χ3n) is 2.35. The van der Waals surface area contributed by atoms with Crippen molar-refractivity contribution in [3.63, 3.8) is 0 Å². The van der Waals surface area contributed by atoms with Crippen LogP contribution in [0.15, 0.2) is 39.6 Å². The predicted molar refractivity (Wildman–Crippen MR) is 75.2 cm³/mol. The Morgan fingerprint density at radius 3 is 2.76 bits per heavy atom. The lowest BCUT2D eigenvalue weighted by molar-refractivity contribution is 0.407. The lowest BCUT2D eigenvalue weighted by Gasteiger charge is -2.15. The molecule has 0 amide bonds. The first-order valence-corrected chi connectivity index (χ1v) is 6.91. The Balaban J connectivity index is 2.50. The molecule has 0 spiro atoms. The summed E-state index contributed by atoms with van der Waals surface area (Å²) in [6.45, 7) is 0. The molecule has 0 aliphatic heterocycles. The summed E-state index contributed by atoms with van der Waals surface area (Å²) in [7, 11) is 1.63. The molecule has 0 aliphatic rings. The smallest absolute Gasteiger partial charge is 0.137 e. The van der Waals surface area contributed by atoms with Crippen LogP contribution in [-0.2, 0) is 0 Å². The molecule has 2 nitrogen and oxygen atoms in total. The lowest BCUT2D eigenvalue weighted by Crippen LogP contribution is -1.97. The Labute approximate surface area is 121 Å². The van der Waals surface area contributed by atoms with E-state index in [9.17, 15) is 0 Å². The molecule has 1 aromatic heterocycles. The standard InChI is InChI=1S/C12H9Br2ClO2/c1-16-12-9(4-8(15)5-10(12)13)11(14)7-2-3-17-6-7/h2-6,11H,1H3. The van der Waals surface area contributed by atoms with Gasteiger partial charge >= 0.3 is 0 Å². The molecule has 0 fully saturated rings. The van der Waals surface area contributed by atoms with Gasteiger partial charge in [0.15, 0.2) is 0 Å². The molecule has 0 bridgehead atoms. The molecule has 0 saturated carbocycles. The van der Waals surface area contributed by atoms with E-state index in [1.165, 1.54) is 0 Å². The second-order valence-electron chi connectivity index (χ2n) is 3.43. The van der Waals surface area contributed by atoms with E-state index in [4.69, 9.17) is 20.8 Å². The molecule has 1 aromatic carbocycles. The van der Waals surface area contributed by atoms with E-state index in [1.807, 2.05) is 12.1 Å². The van der Waals surface area contributed by atoms with Gasteiger partial charge in [-0.05, 0) is 34.1 Å². The number of furan rings is 1. The van der Waals surface area contributed by atoms with Crippen LogP contribution in [0.25, 0.3) is 0 Å². The van der Waals surface area contributed by atoms with Gasteiger partial charge in [-0.15, -0.1) is 0 Å². The summed E-state index contributed by atoms with van der Waals surface area (Å²) in [5, 5.41) is 0.653. The van der Waals surface area contributed by atoms with Crippen molar-refractivity contribution in [3.05, 3.63) is 51.3 Å². The van der Waals surface area contributed by atoms with E-state index in [2.05, 4.69) is 31.9 Å². The number of hydrogen-bond acceptors (Lipinski definition) is 2. The zero-order valence-corrected chi connectivity index (χ0v) is 12.8. The summed E-state index contributed by atoms with van der Waals surface area (Å²) < 4.78 is 11.3. The molecular weight excluding hydrogens is 371 g/mol. The van der Waals surface area contributed by atoms with Gasteiger partial charge in [-0.25, -0.2) is 0 Å². The third kappa shape index (κ3) is 2.69. The van der Waals surface area contributed by atoms with Crippen LogP contribution in [0, 0.1) is 0 Å². The number of hydrogen-bond donors (Lipinski definition) is 0. The molecule has 5 heteroatoms. The largest absolute Gasteiger partial charge is 0.495 e. The van der Waals surface area contributed by atoms with Crippen molar-refractivity contribution in [2.45, 2.75) is 4.83 Å². The topological polar surface area (TPSA) is 22.4 Å². The van der Waals surface area contributed by atoms with Gasteiger partial charge in [0, 0.05) is 16.1 Å². The van der Waals surface area contributed by atoms with Gasteiger partial charge in [-0.3, -0.25) is 0 Å². The van der Waals surface area contributed by atoms with Crippen molar-refractivity contribution in [3.8, 4) is 5.75 Å². The summed E-state index contributed by atoms with van der Waals surface area (Å²) in [5.74, 6) is 0.762. The van der Waals surface area contributed by atoms with Crippen LogP contribution in [0.1, 0.15) is 16.0 Å². The van der Waals surface area contributed by atoms with E-state index >= 15 is 0 Å². The number of ether oxygens (including phenoxy) is 1. The third-order valence-corrected chi connectivity index (χ3v) is 4.18. The molecule has 1 unspecified atom stereocenters. The fraction of sp³-hybridized carbons (Fsp3) is 0.167. The van der Waals surface area contributed by atoms with E-state index in [1.54, 1.807) is 25.7 Å². The Bertz CT molecular complexity index is 511. The first kappa shape index (κ1) is 13.0. The van der Waals surface area contributed by atoms with Crippen molar-refractivity contribution in [2.24, 2.45) is 0 Å². The van der Waals surface area contributed by atoms with Crippen molar-refractivity contribution >= 4 is 43.5 Å². The van der Waals surface area contributed by atoms with Crippen LogP contribution in [-0.4, -0.2) is 7.11 Å². The summed E-state index contributed by atoms with van der Waals surface area (Å²) in [6, 6.07) is 5.57. The minimum absolute atomic E-state index is 0.0220. The number of benzene rings is 1. The monoisotopic (exact) mass is 378 g/mol. The molecule has 0 aliphatic carbocycles. The van der Waals surface area contributed by atoms with Gasteiger partial charge in [-0.1, -0.05) is 27.5 Å². The average molecular weight is 380 g/mol. The number of rotatable bonds is 3. The number of halogens is 3. The highest BCUT2D eigenvalue weighted by Gasteiger charge is 2.19. The maximum absolute atomic E-state index is 6.05. The molecule has 17 heavy (non-hydrogen) atoms. The Hall–Kier alpha value is -0.450. The predicted octanol–water partition coefficient (Wildman–Crippen LogP) is 5.19. The fourth-order valence-corrected chi connectivity index (χ4v) is 3.18. The van der Waals surface area contributed by atoms with Gasteiger partial charge in [-0.2, -0.15) is 0 Å². The zero-order valence-electron chi connectivity index (χ0n) is 8.91. The Kier molecular flexibility index (Phi) is 4.17. The number of alkyl halides is 1. The SMILES string of the molecule is COc1c(Br)cc(Cl)cc1C(Br)c1ccoc1. The van der Waals surface area contributed by atoms with Crippen LogP contribution >= 0.6 is 43.5 Å². The van der Waals surface area contributed by atoms with E-state index in [0.717, 1.165) is 21.3 Å². The van der Waals surface area contributed by atoms with Crippen LogP contribution < -0.4 is 4.74 Å².